The van der Waals surface area contributed by atoms with E-state index in [-0.39, 0.29) is 11.8 Å². The van der Waals surface area contributed by atoms with E-state index in [1.165, 1.54) is 5.69 Å². The van der Waals surface area contributed by atoms with Crippen molar-refractivity contribution in [3.63, 3.8) is 0 Å². The van der Waals surface area contributed by atoms with E-state index in [4.69, 9.17) is 21.0 Å². The molecule has 1 aromatic heterocycles. The SMILES string of the molecule is Cc1oc(-c2cccc(Cl)c2)nc1CN1CCCCC(C(=O)NCCCN(C)c2ccccc2)C1. The third-order valence-electron chi connectivity index (χ3n) is 6.63. The van der Waals surface area contributed by atoms with Crippen LogP contribution in [0.2, 0.25) is 5.02 Å². The molecule has 3 aromatic rings. The molecule has 1 N–H and O–H groups in total. The number of oxazole rings is 1. The molecule has 1 fully saturated rings. The Kier molecular flexibility index (Phi) is 8.83. The average Bonchev–Trinajstić information content (AvgIpc) is 3.07. The lowest BCUT2D eigenvalue weighted by Crippen LogP contribution is -2.38. The molecule has 1 aliphatic heterocycles. The zero-order valence-corrected chi connectivity index (χ0v) is 21.4. The lowest BCUT2D eigenvalue weighted by Gasteiger charge is -2.23. The molecule has 35 heavy (non-hydrogen) atoms. The molecule has 2 heterocycles. The van der Waals surface area contributed by atoms with E-state index in [1.807, 2.05) is 49.4 Å². The van der Waals surface area contributed by atoms with Crippen molar-refractivity contribution in [3.8, 4) is 11.5 Å². The lowest BCUT2D eigenvalue weighted by molar-refractivity contribution is -0.125. The van der Waals surface area contributed by atoms with Crippen LogP contribution in [0.3, 0.4) is 0 Å². The third-order valence-corrected chi connectivity index (χ3v) is 6.87. The molecule has 1 amide bonds. The van der Waals surface area contributed by atoms with Crippen molar-refractivity contribution in [3.05, 3.63) is 71.1 Å². The summed E-state index contributed by atoms with van der Waals surface area (Å²) in [5.74, 6) is 1.57. The van der Waals surface area contributed by atoms with Gasteiger partial charge in [0.05, 0.1) is 11.6 Å². The van der Waals surface area contributed by atoms with Crippen molar-refractivity contribution in [2.24, 2.45) is 5.92 Å². The van der Waals surface area contributed by atoms with Gasteiger partial charge in [-0.1, -0.05) is 42.3 Å². The van der Waals surface area contributed by atoms with E-state index in [1.54, 1.807) is 0 Å². The highest BCUT2D eigenvalue weighted by Crippen LogP contribution is 2.26. The van der Waals surface area contributed by atoms with Gasteiger partial charge in [-0.2, -0.15) is 0 Å². The van der Waals surface area contributed by atoms with Gasteiger partial charge in [-0.25, -0.2) is 4.98 Å². The molecule has 0 bridgehead atoms. The van der Waals surface area contributed by atoms with Crippen LogP contribution in [0.25, 0.3) is 11.5 Å². The average molecular weight is 495 g/mol. The van der Waals surface area contributed by atoms with Gasteiger partial charge in [-0.15, -0.1) is 0 Å². The zero-order valence-electron chi connectivity index (χ0n) is 20.7. The van der Waals surface area contributed by atoms with Gasteiger partial charge in [0.25, 0.3) is 0 Å². The van der Waals surface area contributed by atoms with E-state index in [0.29, 0.717) is 24.0 Å². The highest BCUT2D eigenvalue weighted by Gasteiger charge is 2.25. The molecule has 6 nitrogen and oxygen atoms in total. The fourth-order valence-corrected chi connectivity index (χ4v) is 4.78. The minimum Gasteiger partial charge on any atom is -0.441 e. The van der Waals surface area contributed by atoms with E-state index < -0.39 is 0 Å². The number of amides is 1. The standard InChI is InChI=1S/C28H35ClN4O2/c1-21-26(31-28(35-21)22-11-8-12-24(29)18-22)20-33-17-7-6-10-23(19-33)27(34)30-15-9-16-32(2)25-13-4-3-5-14-25/h3-5,8,11-14,18,23H,6-7,9-10,15-17,19-20H2,1-2H3,(H,30,34). The Bertz CT molecular complexity index is 1100. The number of benzene rings is 2. The van der Waals surface area contributed by atoms with Crippen LogP contribution in [0.4, 0.5) is 5.69 Å². The predicted octanol–water partition coefficient (Wildman–Crippen LogP) is 5.55. The summed E-state index contributed by atoms with van der Waals surface area (Å²) in [6.45, 7) is 5.94. The van der Waals surface area contributed by atoms with E-state index in [2.05, 4.69) is 34.3 Å². The zero-order chi connectivity index (χ0) is 24.6. The summed E-state index contributed by atoms with van der Waals surface area (Å²) in [6, 6.07) is 17.9. The molecule has 0 aliphatic carbocycles. The summed E-state index contributed by atoms with van der Waals surface area (Å²) in [5.41, 5.74) is 2.99. The predicted molar refractivity (Wildman–Crippen MR) is 142 cm³/mol. The monoisotopic (exact) mass is 494 g/mol. The molecule has 0 radical (unpaired) electrons. The van der Waals surface area contributed by atoms with Crippen LogP contribution in [-0.4, -0.2) is 49.0 Å². The number of anilines is 1. The van der Waals surface area contributed by atoms with Crippen LogP contribution in [0.1, 0.15) is 37.1 Å². The highest BCUT2D eigenvalue weighted by molar-refractivity contribution is 6.30. The Morgan fingerprint density at radius 3 is 2.83 bits per heavy atom. The number of likely N-dealkylation sites (tertiary alicyclic amines) is 1. The Hall–Kier alpha value is -2.83. The van der Waals surface area contributed by atoms with Gasteiger partial charge in [-0.05, 0) is 63.1 Å². The van der Waals surface area contributed by atoms with Crippen LogP contribution < -0.4 is 10.2 Å². The van der Waals surface area contributed by atoms with Gasteiger partial charge >= 0.3 is 0 Å². The Labute approximate surface area is 213 Å². The molecule has 1 saturated heterocycles. The fraction of sp³-hybridized carbons (Fsp3) is 0.429. The summed E-state index contributed by atoms with van der Waals surface area (Å²) in [4.78, 5) is 22.3. The molecular formula is C28H35ClN4O2. The second-order valence-corrected chi connectivity index (χ2v) is 9.80. The van der Waals surface area contributed by atoms with Gasteiger partial charge in [-0.3, -0.25) is 9.69 Å². The summed E-state index contributed by atoms with van der Waals surface area (Å²) in [7, 11) is 2.09. The molecule has 7 heteroatoms. The van der Waals surface area contributed by atoms with Crippen molar-refractivity contribution in [1.82, 2.24) is 15.2 Å². The largest absolute Gasteiger partial charge is 0.441 e. The fourth-order valence-electron chi connectivity index (χ4n) is 4.59. The van der Waals surface area contributed by atoms with Crippen LogP contribution in [-0.2, 0) is 11.3 Å². The summed E-state index contributed by atoms with van der Waals surface area (Å²) in [5, 5.41) is 3.83. The topological polar surface area (TPSA) is 61.6 Å². The quantitative estimate of drug-likeness (QED) is 0.395. The van der Waals surface area contributed by atoms with Crippen molar-refractivity contribution < 1.29 is 9.21 Å². The van der Waals surface area contributed by atoms with E-state index in [0.717, 1.165) is 62.3 Å². The number of rotatable bonds is 9. The molecule has 186 valence electrons. The number of carbonyl (C=O) groups is 1. The Morgan fingerprint density at radius 1 is 1.20 bits per heavy atom. The second-order valence-electron chi connectivity index (χ2n) is 9.36. The molecule has 1 unspecified atom stereocenters. The smallest absolute Gasteiger partial charge is 0.226 e. The maximum atomic E-state index is 13.0. The van der Waals surface area contributed by atoms with E-state index >= 15 is 0 Å². The summed E-state index contributed by atoms with van der Waals surface area (Å²) >= 11 is 6.13. The van der Waals surface area contributed by atoms with Gasteiger partial charge in [0.15, 0.2) is 0 Å². The number of nitrogens with zero attached hydrogens (tertiary/aromatic N) is 3. The summed E-state index contributed by atoms with van der Waals surface area (Å²) < 4.78 is 5.94. The first-order valence-electron chi connectivity index (χ1n) is 12.5. The maximum Gasteiger partial charge on any atom is 0.226 e. The second kappa shape index (κ2) is 12.2. The van der Waals surface area contributed by atoms with Crippen LogP contribution in [0.5, 0.6) is 0 Å². The Morgan fingerprint density at radius 2 is 2.03 bits per heavy atom. The number of nitrogens with one attached hydrogen (secondary N) is 1. The third kappa shape index (κ3) is 7.09. The van der Waals surface area contributed by atoms with E-state index in [9.17, 15) is 4.79 Å². The Balaban J connectivity index is 1.28. The molecule has 1 atom stereocenters. The minimum atomic E-state index is 0.00367. The van der Waals surface area contributed by atoms with Crippen LogP contribution in [0, 0.1) is 12.8 Å². The normalized spacial score (nSPS) is 16.6. The van der Waals surface area contributed by atoms with Gasteiger partial charge in [0.2, 0.25) is 11.8 Å². The molecule has 0 saturated carbocycles. The number of hydrogen-bond donors (Lipinski definition) is 1. The van der Waals surface area contributed by atoms with Crippen LogP contribution in [0.15, 0.2) is 59.0 Å². The number of para-hydroxylation sites is 1. The van der Waals surface area contributed by atoms with Gasteiger partial charge < -0.3 is 14.6 Å². The molecule has 4 rings (SSSR count). The number of aryl methyl sites for hydroxylation is 1. The minimum absolute atomic E-state index is 0.00367. The summed E-state index contributed by atoms with van der Waals surface area (Å²) in [6.07, 6.45) is 4.00. The van der Waals surface area contributed by atoms with Crippen molar-refractivity contribution in [2.75, 3.05) is 38.1 Å². The molecule has 1 aliphatic rings. The molecule has 2 aromatic carbocycles. The van der Waals surface area contributed by atoms with Crippen molar-refractivity contribution in [2.45, 2.75) is 39.2 Å². The lowest BCUT2D eigenvalue weighted by atomic mass is 10.0. The number of aromatic nitrogens is 1. The maximum absolute atomic E-state index is 13.0. The van der Waals surface area contributed by atoms with Crippen molar-refractivity contribution >= 4 is 23.2 Å². The first kappa shape index (κ1) is 25.3. The first-order chi connectivity index (χ1) is 17.0. The number of hydrogen-bond acceptors (Lipinski definition) is 5. The molecule has 0 spiro atoms. The highest BCUT2D eigenvalue weighted by atomic mass is 35.5. The van der Waals surface area contributed by atoms with Crippen LogP contribution >= 0.6 is 11.6 Å². The molecular weight excluding hydrogens is 460 g/mol. The first-order valence-corrected chi connectivity index (χ1v) is 12.9. The van der Waals surface area contributed by atoms with Crippen molar-refractivity contribution in [1.29, 1.82) is 0 Å². The van der Waals surface area contributed by atoms with Gasteiger partial charge in [0, 0.05) is 49.5 Å². The van der Waals surface area contributed by atoms with Gasteiger partial charge in [0.1, 0.15) is 5.76 Å². The number of carbonyl (C=O) groups excluding carboxylic acids is 1. The number of halogens is 1.